The Bertz CT molecular complexity index is 550. The van der Waals surface area contributed by atoms with Crippen molar-refractivity contribution in [3.05, 3.63) is 40.3 Å². The standard InChI is InChI=1S/C10H10N4O3/c1-6(11)9-12-13-10(17-9)7-4-2-3-5-8(7)14(15)16/h2-6H,11H2,1H3. The maximum atomic E-state index is 10.8. The predicted octanol–water partition coefficient (Wildman–Crippen LogP) is 1.66. The molecule has 0 saturated carbocycles. The topological polar surface area (TPSA) is 108 Å². The van der Waals surface area contributed by atoms with Crippen LogP contribution in [0.5, 0.6) is 0 Å². The van der Waals surface area contributed by atoms with Gasteiger partial charge in [0.1, 0.15) is 5.56 Å². The van der Waals surface area contributed by atoms with Crippen LogP contribution in [0.2, 0.25) is 0 Å². The van der Waals surface area contributed by atoms with E-state index in [0.717, 1.165) is 0 Å². The van der Waals surface area contributed by atoms with Crippen molar-refractivity contribution in [1.29, 1.82) is 0 Å². The summed E-state index contributed by atoms with van der Waals surface area (Å²) < 4.78 is 5.27. The van der Waals surface area contributed by atoms with Gasteiger partial charge in [0, 0.05) is 6.07 Å². The van der Waals surface area contributed by atoms with E-state index >= 15 is 0 Å². The molecular formula is C10H10N4O3. The SMILES string of the molecule is CC(N)c1nnc(-c2ccccc2[N+](=O)[O-])o1. The summed E-state index contributed by atoms with van der Waals surface area (Å²) in [5.74, 6) is 0.350. The molecule has 0 saturated heterocycles. The van der Waals surface area contributed by atoms with E-state index in [-0.39, 0.29) is 23.0 Å². The van der Waals surface area contributed by atoms with Gasteiger partial charge in [-0.1, -0.05) is 12.1 Å². The number of aromatic nitrogens is 2. The molecule has 88 valence electrons. The first-order chi connectivity index (χ1) is 8.09. The highest BCUT2D eigenvalue weighted by molar-refractivity contribution is 5.66. The van der Waals surface area contributed by atoms with Gasteiger partial charge >= 0.3 is 0 Å². The Morgan fingerprint density at radius 2 is 2.12 bits per heavy atom. The van der Waals surface area contributed by atoms with Crippen molar-refractivity contribution in [3.8, 4) is 11.5 Å². The van der Waals surface area contributed by atoms with Crippen LogP contribution in [0.25, 0.3) is 11.5 Å². The average Bonchev–Trinajstić information content (AvgIpc) is 2.78. The van der Waals surface area contributed by atoms with Crippen LogP contribution in [0.4, 0.5) is 5.69 Å². The predicted molar refractivity (Wildman–Crippen MR) is 59.0 cm³/mol. The third-order valence-electron chi connectivity index (χ3n) is 2.16. The zero-order valence-electron chi connectivity index (χ0n) is 9.03. The number of nitro groups is 1. The number of benzene rings is 1. The van der Waals surface area contributed by atoms with Gasteiger partial charge in [-0.25, -0.2) is 0 Å². The van der Waals surface area contributed by atoms with E-state index in [4.69, 9.17) is 10.2 Å². The first kappa shape index (κ1) is 11.2. The smallest absolute Gasteiger partial charge is 0.282 e. The van der Waals surface area contributed by atoms with Crippen LogP contribution in [0.15, 0.2) is 28.7 Å². The lowest BCUT2D eigenvalue weighted by atomic mass is 10.2. The molecular weight excluding hydrogens is 224 g/mol. The van der Waals surface area contributed by atoms with Gasteiger partial charge in [-0.15, -0.1) is 10.2 Å². The number of rotatable bonds is 3. The molecule has 1 heterocycles. The minimum Gasteiger partial charge on any atom is -0.419 e. The number of hydrogen-bond donors (Lipinski definition) is 1. The average molecular weight is 234 g/mol. The first-order valence-electron chi connectivity index (χ1n) is 4.92. The molecule has 7 nitrogen and oxygen atoms in total. The van der Waals surface area contributed by atoms with Crippen LogP contribution in [0.1, 0.15) is 18.9 Å². The van der Waals surface area contributed by atoms with E-state index in [2.05, 4.69) is 10.2 Å². The van der Waals surface area contributed by atoms with Crippen molar-refractivity contribution in [1.82, 2.24) is 10.2 Å². The van der Waals surface area contributed by atoms with Crippen molar-refractivity contribution in [2.75, 3.05) is 0 Å². The number of hydrogen-bond acceptors (Lipinski definition) is 6. The first-order valence-corrected chi connectivity index (χ1v) is 4.92. The van der Waals surface area contributed by atoms with Crippen molar-refractivity contribution in [2.45, 2.75) is 13.0 Å². The van der Waals surface area contributed by atoms with E-state index in [1.165, 1.54) is 6.07 Å². The molecule has 0 aliphatic carbocycles. The second-order valence-corrected chi connectivity index (χ2v) is 3.51. The molecule has 0 spiro atoms. The quantitative estimate of drug-likeness (QED) is 0.639. The Hall–Kier alpha value is -2.28. The summed E-state index contributed by atoms with van der Waals surface area (Å²) >= 11 is 0. The van der Waals surface area contributed by atoms with E-state index < -0.39 is 11.0 Å². The number of nitrogens with zero attached hydrogens (tertiary/aromatic N) is 3. The summed E-state index contributed by atoms with van der Waals surface area (Å²) in [6, 6.07) is 5.77. The molecule has 0 bridgehead atoms. The Morgan fingerprint density at radius 1 is 1.41 bits per heavy atom. The van der Waals surface area contributed by atoms with Gasteiger partial charge in [-0.2, -0.15) is 0 Å². The fraction of sp³-hybridized carbons (Fsp3) is 0.200. The summed E-state index contributed by atoms with van der Waals surface area (Å²) in [5.41, 5.74) is 5.79. The largest absolute Gasteiger partial charge is 0.419 e. The Morgan fingerprint density at radius 3 is 2.71 bits per heavy atom. The molecule has 7 heteroatoms. The lowest BCUT2D eigenvalue weighted by molar-refractivity contribution is -0.384. The number of nitrogens with two attached hydrogens (primary N) is 1. The second kappa shape index (κ2) is 4.30. The maximum absolute atomic E-state index is 10.8. The van der Waals surface area contributed by atoms with Crippen molar-refractivity contribution in [2.24, 2.45) is 5.73 Å². The summed E-state index contributed by atoms with van der Waals surface area (Å²) in [6.07, 6.45) is 0. The van der Waals surface area contributed by atoms with Gasteiger partial charge < -0.3 is 10.2 Å². The molecule has 0 fully saturated rings. The van der Waals surface area contributed by atoms with Crippen LogP contribution in [-0.2, 0) is 0 Å². The Kier molecular flexibility index (Phi) is 2.84. The van der Waals surface area contributed by atoms with Gasteiger partial charge in [0.05, 0.1) is 11.0 Å². The lowest BCUT2D eigenvalue weighted by Gasteiger charge is -1.97. The van der Waals surface area contributed by atoms with Crippen molar-refractivity contribution < 1.29 is 9.34 Å². The second-order valence-electron chi connectivity index (χ2n) is 3.51. The molecule has 2 aromatic rings. The Labute approximate surface area is 96.4 Å². The molecule has 1 aromatic heterocycles. The number of nitro benzene ring substituents is 1. The molecule has 2 N–H and O–H groups in total. The minimum atomic E-state index is -0.495. The highest BCUT2D eigenvalue weighted by Crippen LogP contribution is 2.28. The maximum Gasteiger partial charge on any atom is 0.282 e. The number of para-hydroxylation sites is 1. The molecule has 0 radical (unpaired) electrons. The van der Waals surface area contributed by atoms with E-state index in [1.807, 2.05) is 0 Å². The zero-order valence-corrected chi connectivity index (χ0v) is 9.03. The third-order valence-corrected chi connectivity index (χ3v) is 2.16. The van der Waals surface area contributed by atoms with Crippen molar-refractivity contribution >= 4 is 5.69 Å². The fourth-order valence-electron chi connectivity index (χ4n) is 1.34. The van der Waals surface area contributed by atoms with Crippen LogP contribution < -0.4 is 5.73 Å². The van der Waals surface area contributed by atoms with Crippen LogP contribution >= 0.6 is 0 Å². The van der Waals surface area contributed by atoms with Gasteiger partial charge in [0.15, 0.2) is 0 Å². The minimum absolute atomic E-state index is 0.0765. The third kappa shape index (κ3) is 2.13. The molecule has 17 heavy (non-hydrogen) atoms. The highest BCUT2D eigenvalue weighted by Gasteiger charge is 2.20. The zero-order chi connectivity index (χ0) is 12.4. The summed E-state index contributed by atoms with van der Waals surface area (Å²) in [5, 5.41) is 18.3. The van der Waals surface area contributed by atoms with E-state index in [0.29, 0.717) is 0 Å². The van der Waals surface area contributed by atoms with Crippen LogP contribution in [-0.4, -0.2) is 15.1 Å². The monoisotopic (exact) mass is 234 g/mol. The van der Waals surface area contributed by atoms with Crippen LogP contribution in [0, 0.1) is 10.1 Å². The molecule has 0 aliphatic rings. The van der Waals surface area contributed by atoms with E-state index in [1.54, 1.807) is 25.1 Å². The summed E-state index contributed by atoms with van der Waals surface area (Å²) in [4.78, 5) is 10.3. The van der Waals surface area contributed by atoms with Crippen molar-refractivity contribution in [3.63, 3.8) is 0 Å². The molecule has 1 unspecified atom stereocenters. The lowest BCUT2D eigenvalue weighted by Crippen LogP contribution is -2.04. The van der Waals surface area contributed by atoms with Gasteiger partial charge in [0.25, 0.3) is 11.6 Å². The molecule has 1 aromatic carbocycles. The molecule has 1 atom stereocenters. The molecule has 2 rings (SSSR count). The summed E-state index contributed by atoms with van der Waals surface area (Å²) in [7, 11) is 0. The highest BCUT2D eigenvalue weighted by atomic mass is 16.6. The summed E-state index contributed by atoms with van der Waals surface area (Å²) in [6.45, 7) is 1.69. The van der Waals surface area contributed by atoms with Gasteiger partial charge in [-0.05, 0) is 13.0 Å². The van der Waals surface area contributed by atoms with E-state index in [9.17, 15) is 10.1 Å². The normalized spacial score (nSPS) is 12.4. The van der Waals surface area contributed by atoms with Crippen LogP contribution in [0.3, 0.4) is 0 Å². The molecule has 0 amide bonds. The van der Waals surface area contributed by atoms with Gasteiger partial charge in [0.2, 0.25) is 5.89 Å². The Balaban J connectivity index is 2.49. The molecule has 0 aliphatic heterocycles. The fourth-order valence-corrected chi connectivity index (χ4v) is 1.34. The van der Waals surface area contributed by atoms with Gasteiger partial charge in [-0.3, -0.25) is 10.1 Å².